The Morgan fingerprint density at radius 2 is 2.11 bits per heavy atom. The van der Waals surface area contributed by atoms with Gasteiger partial charge >= 0.3 is 5.97 Å². The van der Waals surface area contributed by atoms with Gasteiger partial charge in [-0.3, -0.25) is 4.79 Å². The monoisotopic (exact) mass is 276 g/mol. The maximum Gasteiger partial charge on any atom is 0.309 e. The van der Waals surface area contributed by atoms with E-state index in [1.54, 1.807) is 0 Å². The number of phenolic OH excluding ortho intramolecular Hbond substituents is 1. The number of carboxylic acid groups (broad SMARTS) is 1. The Bertz CT molecular complexity index is 485. The Labute approximate surface area is 109 Å². The van der Waals surface area contributed by atoms with Crippen LogP contribution in [0.2, 0.25) is 5.02 Å². The molecular weight excluding hydrogens is 263 g/mol. The van der Waals surface area contributed by atoms with Gasteiger partial charge in [0, 0.05) is 11.6 Å². The van der Waals surface area contributed by atoms with E-state index in [1.807, 2.05) is 0 Å². The van der Waals surface area contributed by atoms with Crippen LogP contribution in [0.3, 0.4) is 0 Å². The predicted molar refractivity (Wildman–Crippen MR) is 64.7 cm³/mol. The predicted octanol–water partition coefficient (Wildman–Crippen LogP) is 2.85. The number of hydrogen-bond acceptors (Lipinski definition) is 3. The number of benzene rings is 1. The minimum absolute atomic E-state index is 0.00396. The maximum atomic E-state index is 13.4. The quantitative estimate of drug-likeness (QED) is 0.887. The summed E-state index contributed by atoms with van der Waals surface area (Å²) in [5.41, 5.74) is -1.01. The molecule has 0 heterocycles. The molecule has 1 rings (SSSR count). The van der Waals surface area contributed by atoms with Crippen LogP contribution in [0.4, 0.5) is 4.39 Å². The Kier molecular flexibility index (Phi) is 4.06. The zero-order chi connectivity index (χ0) is 14.1. The molecule has 18 heavy (non-hydrogen) atoms. The molecule has 0 aliphatic carbocycles. The lowest BCUT2D eigenvalue weighted by Gasteiger charge is -2.22. The molecule has 4 nitrogen and oxygen atoms in total. The lowest BCUT2D eigenvalue weighted by Crippen LogP contribution is -2.26. The SMILES string of the molecule is COc1c(O)cc(F)c(Cl)c1CC(C)(C)C(=O)O. The molecule has 0 amide bonds. The molecule has 0 saturated heterocycles. The van der Waals surface area contributed by atoms with Crippen molar-refractivity contribution in [2.24, 2.45) is 5.41 Å². The first-order valence-electron chi connectivity index (χ1n) is 5.18. The first-order chi connectivity index (χ1) is 8.20. The van der Waals surface area contributed by atoms with Crippen molar-refractivity contribution in [3.05, 3.63) is 22.5 Å². The molecule has 2 N–H and O–H groups in total. The first kappa shape index (κ1) is 14.6. The van der Waals surface area contributed by atoms with Crippen molar-refractivity contribution in [1.82, 2.24) is 0 Å². The van der Waals surface area contributed by atoms with Gasteiger partial charge in [-0.15, -0.1) is 0 Å². The number of aliphatic carboxylic acids is 1. The van der Waals surface area contributed by atoms with E-state index in [4.69, 9.17) is 21.4 Å². The molecule has 0 bridgehead atoms. The third kappa shape index (κ3) is 2.67. The summed E-state index contributed by atoms with van der Waals surface area (Å²) in [5.74, 6) is -2.28. The molecule has 6 heteroatoms. The second-order valence-electron chi connectivity index (χ2n) is 4.57. The largest absolute Gasteiger partial charge is 0.504 e. The highest BCUT2D eigenvalue weighted by Crippen LogP contribution is 2.40. The van der Waals surface area contributed by atoms with Crippen LogP contribution in [-0.4, -0.2) is 23.3 Å². The lowest BCUT2D eigenvalue weighted by molar-refractivity contribution is -0.146. The number of hydrogen-bond donors (Lipinski definition) is 2. The lowest BCUT2D eigenvalue weighted by atomic mass is 9.85. The van der Waals surface area contributed by atoms with Gasteiger partial charge in [0.2, 0.25) is 0 Å². The van der Waals surface area contributed by atoms with Crippen LogP contribution in [0.5, 0.6) is 11.5 Å². The van der Waals surface area contributed by atoms with Crippen LogP contribution in [-0.2, 0) is 11.2 Å². The van der Waals surface area contributed by atoms with Crippen molar-refractivity contribution < 1.29 is 24.1 Å². The topological polar surface area (TPSA) is 66.8 Å². The van der Waals surface area contributed by atoms with E-state index >= 15 is 0 Å². The standard InChI is InChI=1S/C12H14ClFO4/c1-12(2,11(16)17)5-6-9(13)7(14)4-8(15)10(6)18-3/h4,15H,5H2,1-3H3,(H,16,17). The van der Waals surface area contributed by atoms with Gasteiger partial charge < -0.3 is 14.9 Å². The number of halogens is 2. The highest BCUT2D eigenvalue weighted by molar-refractivity contribution is 6.31. The third-order valence-electron chi connectivity index (χ3n) is 2.65. The Hall–Kier alpha value is -1.49. The normalized spacial score (nSPS) is 11.4. The number of carbonyl (C=O) groups is 1. The van der Waals surface area contributed by atoms with E-state index in [-0.39, 0.29) is 22.8 Å². The average Bonchev–Trinajstić information content (AvgIpc) is 2.25. The average molecular weight is 277 g/mol. The summed E-state index contributed by atoms with van der Waals surface area (Å²) >= 11 is 5.80. The van der Waals surface area contributed by atoms with Crippen molar-refractivity contribution in [2.75, 3.05) is 7.11 Å². The van der Waals surface area contributed by atoms with Crippen molar-refractivity contribution in [3.8, 4) is 11.5 Å². The van der Waals surface area contributed by atoms with Gasteiger partial charge in [-0.25, -0.2) is 4.39 Å². The van der Waals surface area contributed by atoms with Crippen molar-refractivity contribution >= 4 is 17.6 Å². The number of methoxy groups -OCH3 is 1. The Balaban J connectivity index is 3.35. The van der Waals surface area contributed by atoms with Crippen LogP contribution in [0.15, 0.2) is 6.07 Å². The van der Waals surface area contributed by atoms with Gasteiger partial charge in [-0.05, 0) is 20.3 Å². The van der Waals surface area contributed by atoms with Crippen molar-refractivity contribution in [1.29, 1.82) is 0 Å². The summed E-state index contributed by atoms with van der Waals surface area (Å²) in [6.45, 7) is 2.96. The maximum absolute atomic E-state index is 13.4. The van der Waals surface area contributed by atoms with Crippen LogP contribution >= 0.6 is 11.6 Å². The molecule has 0 aliphatic heterocycles. The van der Waals surface area contributed by atoms with Crippen LogP contribution in [0.25, 0.3) is 0 Å². The van der Waals surface area contributed by atoms with E-state index in [0.717, 1.165) is 6.07 Å². The minimum Gasteiger partial charge on any atom is -0.504 e. The second kappa shape index (κ2) is 5.02. The summed E-state index contributed by atoms with van der Waals surface area (Å²) in [4.78, 5) is 11.1. The van der Waals surface area contributed by atoms with Crippen LogP contribution in [0.1, 0.15) is 19.4 Å². The van der Waals surface area contributed by atoms with Crippen LogP contribution < -0.4 is 4.74 Å². The van der Waals surface area contributed by atoms with E-state index in [2.05, 4.69) is 0 Å². The third-order valence-corrected chi connectivity index (χ3v) is 3.06. The number of rotatable bonds is 4. The molecule has 0 fully saturated rings. The molecule has 0 radical (unpaired) electrons. The molecule has 100 valence electrons. The van der Waals surface area contributed by atoms with Crippen LogP contribution in [0, 0.1) is 11.2 Å². The first-order valence-corrected chi connectivity index (χ1v) is 5.55. The number of phenols is 1. The Morgan fingerprint density at radius 1 is 1.56 bits per heavy atom. The highest BCUT2D eigenvalue weighted by Gasteiger charge is 2.31. The molecule has 0 unspecified atom stereocenters. The van der Waals surface area contributed by atoms with E-state index in [1.165, 1.54) is 21.0 Å². The van der Waals surface area contributed by atoms with Gasteiger partial charge in [-0.2, -0.15) is 0 Å². The molecule has 0 aromatic heterocycles. The number of ether oxygens (including phenoxy) is 1. The zero-order valence-corrected chi connectivity index (χ0v) is 11.0. The smallest absolute Gasteiger partial charge is 0.309 e. The highest BCUT2D eigenvalue weighted by atomic mass is 35.5. The molecule has 0 saturated carbocycles. The summed E-state index contributed by atoms with van der Waals surface area (Å²) in [7, 11) is 1.29. The fourth-order valence-electron chi connectivity index (χ4n) is 1.55. The Morgan fingerprint density at radius 3 is 2.56 bits per heavy atom. The van der Waals surface area contributed by atoms with E-state index in [0.29, 0.717) is 0 Å². The van der Waals surface area contributed by atoms with Gasteiger partial charge in [0.25, 0.3) is 0 Å². The molecular formula is C12H14ClFO4. The zero-order valence-electron chi connectivity index (χ0n) is 10.3. The fraction of sp³-hybridized carbons (Fsp3) is 0.417. The molecule has 1 aromatic carbocycles. The molecule has 0 atom stereocenters. The summed E-state index contributed by atoms with van der Waals surface area (Å²) in [5, 5.41) is 18.4. The van der Waals surface area contributed by atoms with Gasteiger partial charge in [0.05, 0.1) is 17.5 Å². The van der Waals surface area contributed by atoms with Gasteiger partial charge in [0.15, 0.2) is 11.5 Å². The summed E-state index contributed by atoms with van der Waals surface area (Å²) in [6, 6.07) is 0.832. The van der Waals surface area contributed by atoms with Gasteiger partial charge in [0.1, 0.15) is 5.82 Å². The van der Waals surface area contributed by atoms with Gasteiger partial charge in [-0.1, -0.05) is 11.6 Å². The molecule has 0 aliphatic rings. The van der Waals surface area contributed by atoms with E-state index < -0.39 is 23.0 Å². The fourth-order valence-corrected chi connectivity index (χ4v) is 1.76. The molecule has 0 spiro atoms. The summed E-state index contributed by atoms with van der Waals surface area (Å²) < 4.78 is 18.4. The number of aromatic hydroxyl groups is 1. The van der Waals surface area contributed by atoms with E-state index in [9.17, 15) is 14.3 Å². The van der Waals surface area contributed by atoms with Crippen molar-refractivity contribution in [2.45, 2.75) is 20.3 Å². The summed E-state index contributed by atoms with van der Waals surface area (Å²) in [6.07, 6.45) is -0.0599. The molecule has 1 aromatic rings. The second-order valence-corrected chi connectivity index (χ2v) is 4.95. The van der Waals surface area contributed by atoms with Crippen molar-refractivity contribution in [3.63, 3.8) is 0 Å². The minimum atomic E-state index is -1.16. The number of carboxylic acids is 1.